The van der Waals surface area contributed by atoms with Gasteiger partial charge in [0.1, 0.15) is 18.1 Å². The number of hydrogen-bond donors (Lipinski definition) is 0. The molecule has 0 saturated heterocycles. The van der Waals surface area contributed by atoms with Crippen molar-refractivity contribution in [3.63, 3.8) is 0 Å². The van der Waals surface area contributed by atoms with Crippen LogP contribution in [-0.4, -0.2) is 31.0 Å². The number of nitrogens with zero attached hydrogens (tertiary/aromatic N) is 1. The zero-order chi connectivity index (χ0) is 15.1. The number of carbonyl (C=O) groups is 1. The van der Waals surface area contributed by atoms with Gasteiger partial charge >= 0.3 is 0 Å². The smallest absolute Gasteiger partial charge is 0.246 e. The second kappa shape index (κ2) is 7.33. The lowest BCUT2D eigenvalue weighted by molar-refractivity contribution is -0.125. The van der Waals surface area contributed by atoms with Crippen LogP contribution in [-0.2, 0) is 4.79 Å². The van der Waals surface area contributed by atoms with Gasteiger partial charge in [0, 0.05) is 13.1 Å². The topological polar surface area (TPSA) is 42.7 Å². The number of aryl methyl sites for hydroxylation is 1. The minimum absolute atomic E-state index is 0.0843. The SMILES string of the molecule is Cc1ccc(OCCN(C)C(=O)/C=C/c2ccco2)cc1. The third-order valence-electron chi connectivity index (χ3n) is 3.03. The summed E-state index contributed by atoms with van der Waals surface area (Å²) in [6.07, 6.45) is 4.72. The Bertz CT molecular complexity index is 585. The maximum atomic E-state index is 11.9. The first-order valence-electron chi connectivity index (χ1n) is 6.81. The van der Waals surface area contributed by atoms with Gasteiger partial charge in [-0.15, -0.1) is 0 Å². The lowest BCUT2D eigenvalue weighted by atomic mass is 10.2. The van der Waals surface area contributed by atoms with E-state index in [4.69, 9.17) is 9.15 Å². The fourth-order valence-electron chi connectivity index (χ4n) is 1.71. The molecular weight excluding hydrogens is 266 g/mol. The molecule has 4 heteroatoms. The quantitative estimate of drug-likeness (QED) is 0.766. The lowest BCUT2D eigenvalue weighted by Crippen LogP contribution is -2.29. The molecule has 0 saturated carbocycles. The average molecular weight is 285 g/mol. The Labute approximate surface area is 124 Å². The predicted molar refractivity (Wildman–Crippen MR) is 82.1 cm³/mol. The van der Waals surface area contributed by atoms with Gasteiger partial charge in [-0.3, -0.25) is 4.79 Å². The summed E-state index contributed by atoms with van der Waals surface area (Å²) in [6.45, 7) is 3.01. The van der Waals surface area contributed by atoms with E-state index in [1.807, 2.05) is 31.2 Å². The predicted octanol–water partition coefficient (Wildman–Crippen LogP) is 3.14. The number of rotatable bonds is 6. The molecule has 110 valence electrons. The fraction of sp³-hybridized carbons (Fsp3) is 0.235. The number of likely N-dealkylation sites (N-methyl/N-ethyl adjacent to an activating group) is 1. The third kappa shape index (κ3) is 4.84. The Morgan fingerprint density at radius 1 is 1.29 bits per heavy atom. The van der Waals surface area contributed by atoms with Crippen LogP contribution >= 0.6 is 0 Å². The summed E-state index contributed by atoms with van der Waals surface area (Å²) < 4.78 is 10.7. The molecule has 0 aliphatic heterocycles. The van der Waals surface area contributed by atoms with Crippen LogP contribution in [0.25, 0.3) is 6.08 Å². The highest BCUT2D eigenvalue weighted by Crippen LogP contribution is 2.11. The number of furan rings is 1. The molecule has 0 fully saturated rings. The summed E-state index contributed by atoms with van der Waals surface area (Å²) in [5.74, 6) is 1.39. The van der Waals surface area contributed by atoms with Crippen molar-refractivity contribution >= 4 is 12.0 Å². The van der Waals surface area contributed by atoms with E-state index in [2.05, 4.69) is 0 Å². The van der Waals surface area contributed by atoms with Crippen molar-refractivity contribution in [2.24, 2.45) is 0 Å². The largest absolute Gasteiger partial charge is 0.492 e. The molecule has 4 nitrogen and oxygen atoms in total. The van der Waals surface area contributed by atoms with Gasteiger partial charge in [-0.1, -0.05) is 17.7 Å². The van der Waals surface area contributed by atoms with E-state index in [1.54, 1.807) is 36.4 Å². The van der Waals surface area contributed by atoms with E-state index in [9.17, 15) is 4.79 Å². The van der Waals surface area contributed by atoms with E-state index in [0.717, 1.165) is 5.75 Å². The fourth-order valence-corrected chi connectivity index (χ4v) is 1.71. The van der Waals surface area contributed by atoms with Crippen molar-refractivity contribution in [3.8, 4) is 5.75 Å². The van der Waals surface area contributed by atoms with E-state index in [1.165, 1.54) is 11.6 Å². The van der Waals surface area contributed by atoms with Crippen LogP contribution in [0.15, 0.2) is 53.2 Å². The normalized spacial score (nSPS) is 10.8. The molecule has 0 unspecified atom stereocenters. The Balaban J connectivity index is 1.74. The molecule has 1 aromatic carbocycles. The molecule has 0 aliphatic rings. The molecule has 21 heavy (non-hydrogen) atoms. The van der Waals surface area contributed by atoms with Crippen LogP contribution < -0.4 is 4.74 Å². The van der Waals surface area contributed by atoms with Gasteiger partial charge in [-0.25, -0.2) is 0 Å². The standard InChI is InChI=1S/C17H19NO3/c1-14-5-7-16(8-6-14)21-13-11-18(2)17(19)10-9-15-4-3-12-20-15/h3-10,12H,11,13H2,1-2H3/b10-9+. The Morgan fingerprint density at radius 2 is 2.05 bits per heavy atom. The van der Waals surface area contributed by atoms with Gasteiger partial charge < -0.3 is 14.1 Å². The molecule has 0 spiro atoms. The second-order valence-electron chi connectivity index (χ2n) is 4.77. The molecule has 2 aromatic rings. The minimum atomic E-state index is -0.0843. The van der Waals surface area contributed by atoms with E-state index in [-0.39, 0.29) is 5.91 Å². The summed E-state index contributed by atoms with van der Waals surface area (Å²) in [4.78, 5) is 13.5. The molecule has 0 N–H and O–H groups in total. The number of carbonyl (C=O) groups excluding carboxylic acids is 1. The van der Waals surface area contributed by atoms with Gasteiger partial charge in [0.2, 0.25) is 5.91 Å². The first-order valence-corrected chi connectivity index (χ1v) is 6.81. The molecule has 1 aromatic heterocycles. The highest BCUT2D eigenvalue weighted by Gasteiger charge is 2.05. The molecule has 2 rings (SSSR count). The van der Waals surface area contributed by atoms with Crippen molar-refractivity contribution in [2.75, 3.05) is 20.2 Å². The molecule has 0 atom stereocenters. The molecule has 0 radical (unpaired) electrons. The summed E-state index contributed by atoms with van der Waals surface area (Å²) in [6, 6.07) is 11.4. The van der Waals surface area contributed by atoms with E-state index in [0.29, 0.717) is 18.9 Å². The van der Waals surface area contributed by atoms with Crippen molar-refractivity contribution in [3.05, 3.63) is 60.1 Å². The van der Waals surface area contributed by atoms with Crippen LogP contribution in [0, 0.1) is 6.92 Å². The van der Waals surface area contributed by atoms with Crippen LogP contribution in [0.2, 0.25) is 0 Å². The van der Waals surface area contributed by atoms with Crippen molar-refractivity contribution in [1.82, 2.24) is 4.90 Å². The number of benzene rings is 1. The van der Waals surface area contributed by atoms with Gasteiger partial charge in [-0.05, 0) is 37.3 Å². The summed E-state index contributed by atoms with van der Waals surface area (Å²) >= 11 is 0. The van der Waals surface area contributed by atoms with Crippen LogP contribution in [0.1, 0.15) is 11.3 Å². The number of amides is 1. The maximum Gasteiger partial charge on any atom is 0.246 e. The second-order valence-corrected chi connectivity index (χ2v) is 4.77. The summed E-state index contributed by atoms with van der Waals surface area (Å²) in [7, 11) is 1.74. The number of hydrogen-bond acceptors (Lipinski definition) is 3. The monoisotopic (exact) mass is 285 g/mol. The van der Waals surface area contributed by atoms with E-state index < -0.39 is 0 Å². The third-order valence-corrected chi connectivity index (χ3v) is 3.03. The molecule has 0 bridgehead atoms. The molecule has 0 aliphatic carbocycles. The summed E-state index contributed by atoms with van der Waals surface area (Å²) in [5, 5.41) is 0. The first-order chi connectivity index (χ1) is 10.1. The van der Waals surface area contributed by atoms with Crippen LogP contribution in [0.5, 0.6) is 5.75 Å². The molecular formula is C17H19NO3. The van der Waals surface area contributed by atoms with Crippen molar-refractivity contribution < 1.29 is 13.9 Å². The highest BCUT2D eigenvalue weighted by atomic mass is 16.5. The van der Waals surface area contributed by atoms with Gasteiger partial charge in [-0.2, -0.15) is 0 Å². The Morgan fingerprint density at radius 3 is 2.71 bits per heavy atom. The van der Waals surface area contributed by atoms with Gasteiger partial charge in [0.25, 0.3) is 0 Å². The lowest BCUT2D eigenvalue weighted by Gasteiger charge is -2.15. The highest BCUT2D eigenvalue weighted by molar-refractivity contribution is 5.91. The van der Waals surface area contributed by atoms with Crippen molar-refractivity contribution in [2.45, 2.75) is 6.92 Å². The van der Waals surface area contributed by atoms with Crippen LogP contribution in [0.4, 0.5) is 0 Å². The molecule has 1 heterocycles. The van der Waals surface area contributed by atoms with Gasteiger partial charge in [0.15, 0.2) is 0 Å². The van der Waals surface area contributed by atoms with Crippen molar-refractivity contribution in [1.29, 1.82) is 0 Å². The zero-order valence-electron chi connectivity index (χ0n) is 12.3. The Hall–Kier alpha value is -2.49. The van der Waals surface area contributed by atoms with Crippen LogP contribution in [0.3, 0.4) is 0 Å². The minimum Gasteiger partial charge on any atom is -0.492 e. The Kier molecular flexibility index (Phi) is 5.21. The van der Waals surface area contributed by atoms with E-state index >= 15 is 0 Å². The average Bonchev–Trinajstić information content (AvgIpc) is 3.00. The zero-order valence-corrected chi connectivity index (χ0v) is 12.3. The van der Waals surface area contributed by atoms with Gasteiger partial charge in [0.05, 0.1) is 12.8 Å². The summed E-state index contributed by atoms with van der Waals surface area (Å²) in [5.41, 5.74) is 1.19. The first kappa shape index (κ1) is 14.9. The maximum absolute atomic E-state index is 11.9. The number of ether oxygens (including phenoxy) is 1. The molecule has 1 amide bonds.